The van der Waals surface area contributed by atoms with Gasteiger partial charge in [-0.15, -0.1) is 0 Å². The molecule has 2 rings (SSSR count). The molecule has 0 radical (unpaired) electrons. The molecular weight excluding hydrogens is 212 g/mol. The summed E-state index contributed by atoms with van der Waals surface area (Å²) in [4.78, 5) is 2.46. The fourth-order valence-electron chi connectivity index (χ4n) is 2.17. The minimum absolute atomic E-state index is 0.874. The van der Waals surface area contributed by atoms with Gasteiger partial charge in [-0.25, -0.2) is 0 Å². The van der Waals surface area contributed by atoms with Gasteiger partial charge < -0.3 is 10.1 Å². The van der Waals surface area contributed by atoms with E-state index in [-0.39, 0.29) is 0 Å². The number of hydrogen-bond acceptors (Lipinski definition) is 3. The lowest BCUT2D eigenvalue weighted by atomic mass is 10.1. The molecule has 0 aromatic heterocycles. The Kier molecular flexibility index (Phi) is 4.98. The Morgan fingerprint density at radius 3 is 2.76 bits per heavy atom. The Bertz CT molecular complexity index is 335. The minimum atomic E-state index is 0.874. The normalized spacial score (nSPS) is 17.2. The second-order valence-electron chi connectivity index (χ2n) is 4.56. The summed E-state index contributed by atoms with van der Waals surface area (Å²) >= 11 is 0. The summed E-state index contributed by atoms with van der Waals surface area (Å²) in [7, 11) is 2.00. The van der Waals surface area contributed by atoms with Gasteiger partial charge in [-0.3, -0.25) is 4.90 Å². The van der Waals surface area contributed by atoms with Crippen LogP contribution in [0, 0.1) is 0 Å². The third-order valence-electron chi connectivity index (χ3n) is 3.16. The molecule has 94 valence electrons. The highest BCUT2D eigenvalue weighted by molar-refractivity contribution is 5.23. The van der Waals surface area contributed by atoms with Crippen molar-refractivity contribution in [2.45, 2.75) is 13.0 Å². The highest BCUT2D eigenvalue weighted by Crippen LogP contribution is 2.10. The highest BCUT2D eigenvalue weighted by Gasteiger charge is 2.10. The molecule has 1 saturated heterocycles. The molecular formula is C14H22N2O. The largest absolute Gasteiger partial charge is 0.379 e. The predicted octanol–water partition coefficient (Wildman–Crippen LogP) is 1.28. The van der Waals surface area contributed by atoms with E-state index < -0.39 is 0 Å². The van der Waals surface area contributed by atoms with Crippen molar-refractivity contribution >= 4 is 0 Å². The van der Waals surface area contributed by atoms with Crippen molar-refractivity contribution in [1.29, 1.82) is 0 Å². The van der Waals surface area contributed by atoms with E-state index in [1.165, 1.54) is 11.1 Å². The molecule has 0 spiro atoms. The number of nitrogens with one attached hydrogen (secondary N) is 1. The average Bonchev–Trinajstić information content (AvgIpc) is 2.38. The molecule has 1 aliphatic heterocycles. The Hall–Kier alpha value is -0.900. The van der Waals surface area contributed by atoms with Gasteiger partial charge in [-0.1, -0.05) is 24.3 Å². The number of ether oxygens (including phenoxy) is 1. The van der Waals surface area contributed by atoms with E-state index in [0.717, 1.165) is 45.8 Å². The highest BCUT2D eigenvalue weighted by atomic mass is 16.5. The van der Waals surface area contributed by atoms with Crippen molar-refractivity contribution in [3.8, 4) is 0 Å². The molecule has 1 fully saturated rings. The molecule has 3 heteroatoms. The van der Waals surface area contributed by atoms with Crippen molar-refractivity contribution < 1.29 is 4.74 Å². The first-order valence-electron chi connectivity index (χ1n) is 6.41. The van der Waals surface area contributed by atoms with E-state index in [9.17, 15) is 0 Å². The Labute approximate surface area is 104 Å². The van der Waals surface area contributed by atoms with E-state index in [0.29, 0.717) is 0 Å². The Balaban J connectivity index is 1.90. The number of hydrogen-bond donors (Lipinski definition) is 1. The predicted molar refractivity (Wildman–Crippen MR) is 70.2 cm³/mol. The monoisotopic (exact) mass is 234 g/mol. The molecule has 0 unspecified atom stereocenters. The van der Waals surface area contributed by atoms with Crippen LogP contribution in [0.15, 0.2) is 24.3 Å². The summed E-state index contributed by atoms with van der Waals surface area (Å²) in [5.74, 6) is 0. The van der Waals surface area contributed by atoms with Crippen LogP contribution in [0.4, 0.5) is 0 Å². The molecule has 0 saturated carbocycles. The van der Waals surface area contributed by atoms with Crippen LogP contribution >= 0.6 is 0 Å². The maximum atomic E-state index is 5.36. The SMILES string of the molecule is CNCCc1cccc(CN2CCOCC2)c1. The molecule has 1 N–H and O–H groups in total. The van der Waals surface area contributed by atoms with Crippen molar-refractivity contribution in [2.75, 3.05) is 39.9 Å². The molecule has 1 aromatic carbocycles. The van der Waals surface area contributed by atoms with Crippen LogP contribution in [-0.2, 0) is 17.7 Å². The first-order valence-corrected chi connectivity index (χ1v) is 6.41. The van der Waals surface area contributed by atoms with Crippen LogP contribution in [0.25, 0.3) is 0 Å². The van der Waals surface area contributed by atoms with Gasteiger partial charge in [0.1, 0.15) is 0 Å². The second-order valence-corrected chi connectivity index (χ2v) is 4.56. The van der Waals surface area contributed by atoms with Gasteiger partial charge in [-0.05, 0) is 31.1 Å². The van der Waals surface area contributed by atoms with Crippen molar-refractivity contribution in [3.05, 3.63) is 35.4 Å². The summed E-state index contributed by atoms with van der Waals surface area (Å²) in [5.41, 5.74) is 2.84. The minimum Gasteiger partial charge on any atom is -0.379 e. The van der Waals surface area contributed by atoms with Crippen LogP contribution in [-0.4, -0.2) is 44.8 Å². The van der Waals surface area contributed by atoms with E-state index in [1.54, 1.807) is 0 Å². The molecule has 0 bridgehead atoms. The fraction of sp³-hybridized carbons (Fsp3) is 0.571. The number of nitrogens with zero attached hydrogens (tertiary/aromatic N) is 1. The lowest BCUT2D eigenvalue weighted by molar-refractivity contribution is 0.0342. The smallest absolute Gasteiger partial charge is 0.0594 e. The van der Waals surface area contributed by atoms with Crippen LogP contribution in [0.2, 0.25) is 0 Å². The second kappa shape index (κ2) is 6.74. The summed E-state index contributed by atoms with van der Waals surface area (Å²) in [6.45, 7) is 5.96. The molecule has 1 aliphatic rings. The first-order chi connectivity index (χ1) is 8.38. The molecule has 3 nitrogen and oxygen atoms in total. The fourth-order valence-corrected chi connectivity index (χ4v) is 2.17. The summed E-state index contributed by atoms with van der Waals surface area (Å²) in [5, 5.41) is 3.19. The molecule has 0 amide bonds. The van der Waals surface area contributed by atoms with Crippen LogP contribution in [0.1, 0.15) is 11.1 Å². The molecule has 1 aromatic rings. The lowest BCUT2D eigenvalue weighted by Crippen LogP contribution is -2.35. The third-order valence-corrected chi connectivity index (χ3v) is 3.16. The third kappa shape index (κ3) is 4.11. The molecule has 17 heavy (non-hydrogen) atoms. The Morgan fingerprint density at radius 1 is 1.24 bits per heavy atom. The van der Waals surface area contributed by atoms with Gasteiger partial charge in [0, 0.05) is 19.6 Å². The maximum Gasteiger partial charge on any atom is 0.0594 e. The number of likely N-dealkylation sites (N-methyl/N-ethyl adjacent to an activating group) is 1. The van der Waals surface area contributed by atoms with Crippen LogP contribution in [0.3, 0.4) is 0 Å². The standard InChI is InChI=1S/C14H22N2O/c1-15-6-5-13-3-2-4-14(11-13)12-16-7-9-17-10-8-16/h2-4,11,15H,5-10,12H2,1H3. The van der Waals surface area contributed by atoms with Crippen molar-refractivity contribution in [2.24, 2.45) is 0 Å². The van der Waals surface area contributed by atoms with E-state index in [4.69, 9.17) is 4.74 Å². The number of morpholine rings is 1. The van der Waals surface area contributed by atoms with Crippen molar-refractivity contribution in [3.63, 3.8) is 0 Å². The van der Waals surface area contributed by atoms with Crippen molar-refractivity contribution in [1.82, 2.24) is 10.2 Å². The summed E-state index contributed by atoms with van der Waals surface area (Å²) in [6, 6.07) is 8.92. The quantitative estimate of drug-likeness (QED) is 0.830. The van der Waals surface area contributed by atoms with E-state index in [1.807, 2.05) is 7.05 Å². The topological polar surface area (TPSA) is 24.5 Å². The van der Waals surface area contributed by atoms with Gasteiger partial charge in [-0.2, -0.15) is 0 Å². The lowest BCUT2D eigenvalue weighted by Gasteiger charge is -2.26. The summed E-state index contributed by atoms with van der Waals surface area (Å²) in [6.07, 6.45) is 1.10. The van der Waals surface area contributed by atoms with Gasteiger partial charge in [0.15, 0.2) is 0 Å². The van der Waals surface area contributed by atoms with Gasteiger partial charge >= 0.3 is 0 Å². The van der Waals surface area contributed by atoms with Crippen LogP contribution in [0.5, 0.6) is 0 Å². The Morgan fingerprint density at radius 2 is 2.00 bits per heavy atom. The van der Waals surface area contributed by atoms with Gasteiger partial charge in [0.25, 0.3) is 0 Å². The zero-order chi connectivity index (χ0) is 11.9. The van der Waals surface area contributed by atoms with Crippen LogP contribution < -0.4 is 5.32 Å². The van der Waals surface area contributed by atoms with E-state index >= 15 is 0 Å². The van der Waals surface area contributed by atoms with Gasteiger partial charge in [0.2, 0.25) is 0 Å². The van der Waals surface area contributed by atoms with Gasteiger partial charge in [0.05, 0.1) is 13.2 Å². The maximum absolute atomic E-state index is 5.36. The van der Waals surface area contributed by atoms with E-state index in [2.05, 4.69) is 34.5 Å². The zero-order valence-corrected chi connectivity index (χ0v) is 10.6. The average molecular weight is 234 g/mol. The first kappa shape index (κ1) is 12.6. The zero-order valence-electron chi connectivity index (χ0n) is 10.6. The summed E-state index contributed by atoms with van der Waals surface area (Å²) < 4.78 is 5.36. The molecule has 0 atom stereocenters. The molecule has 1 heterocycles. The number of benzene rings is 1. The molecule has 0 aliphatic carbocycles. The number of rotatable bonds is 5.